The monoisotopic (exact) mass is 677 g/mol. The van der Waals surface area contributed by atoms with Crippen molar-refractivity contribution in [3.8, 4) is 10.4 Å². The maximum absolute atomic E-state index is 13.8. The SMILES string of the molecule is Cc1ncsc1-c1ccc(CNC(=O)[C@@H]2C[C@@H](O)CN2C(=O)[C@@H](NC(=O)CCOCCOCCOCCOCCN)C(C)(C)C)cc1. The number of carbonyl (C=O) groups excluding carboxylic acids is 3. The molecule has 2 heterocycles. The molecule has 3 rings (SSSR count). The number of thiazole rings is 1. The number of aryl methyl sites for hydroxylation is 1. The fraction of sp³-hybridized carbons (Fsp3) is 0.636. The Labute approximate surface area is 281 Å². The molecule has 1 saturated heterocycles. The van der Waals surface area contributed by atoms with E-state index in [-0.39, 0.29) is 44.4 Å². The summed E-state index contributed by atoms with van der Waals surface area (Å²) in [5.41, 5.74) is 9.45. The van der Waals surface area contributed by atoms with Gasteiger partial charge in [0, 0.05) is 32.5 Å². The Hall–Kier alpha value is -2.98. The molecule has 1 aromatic carbocycles. The van der Waals surface area contributed by atoms with Gasteiger partial charge in [0.15, 0.2) is 0 Å². The van der Waals surface area contributed by atoms with Gasteiger partial charge in [0.25, 0.3) is 0 Å². The van der Waals surface area contributed by atoms with Crippen LogP contribution in [0.1, 0.15) is 44.9 Å². The molecule has 1 aromatic heterocycles. The molecular formula is C33H51N5O8S. The number of nitrogens with zero attached hydrogens (tertiary/aromatic N) is 2. The molecule has 0 aliphatic carbocycles. The van der Waals surface area contributed by atoms with E-state index >= 15 is 0 Å². The molecule has 0 bridgehead atoms. The van der Waals surface area contributed by atoms with Gasteiger partial charge in [-0.2, -0.15) is 0 Å². The van der Waals surface area contributed by atoms with Crippen LogP contribution in [0.4, 0.5) is 0 Å². The number of β-amino-alcohol motifs (C(OH)–C–C–N with tert-alkyl or cyclic N) is 1. The summed E-state index contributed by atoms with van der Waals surface area (Å²) in [5.74, 6) is -1.11. The first kappa shape index (κ1) is 38.5. The van der Waals surface area contributed by atoms with Crippen molar-refractivity contribution in [3.63, 3.8) is 0 Å². The molecule has 1 aliphatic rings. The average Bonchev–Trinajstić information content (AvgIpc) is 3.65. The van der Waals surface area contributed by atoms with Gasteiger partial charge in [-0.1, -0.05) is 45.0 Å². The highest BCUT2D eigenvalue weighted by molar-refractivity contribution is 7.13. The summed E-state index contributed by atoms with van der Waals surface area (Å²) in [7, 11) is 0. The van der Waals surface area contributed by atoms with Crippen molar-refractivity contribution in [2.45, 2.75) is 65.3 Å². The number of aromatic nitrogens is 1. The molecule has 1 fully saturated rings. The van der Waals surface area contributed by atoms with Crippen molar-refractivity contribution in [2.24, 2.45) is 11.1 Å². The van der Waals surface area contributed by atoms with Crippen LogP contribution in [0.5, 0.6) is 0 Å². The molecule has 0 saturated carbocycles. The lowest BCUT2D eigenvalue weighted by molar-refractivity contribution is -0.144. The smallest absolute Gasteiger partial charge is 0.246 e. The van der Waals surface area contributed by atoms with Gasteiger partial charge in [-0.3, -0.25) is 14.4 Å². The van der Waals surface area contributed by atoms with Gasteiger partial charge in [0.2, 0.25) is 17.7 Å². The van der Waals surface area contributed by atoms with Crippen molar-refractivity contribution < 1.29 is 38.4 Å². The van der Waals surface area contributed by atoms with E-state index < -0.39 is 29.5 Å². The van der Waals surface area contributed by atoms with Crippen LogP contribution in [-0.4, -0.2) is 117 Å². The van der Waals surface area contributed by atoms with Crippen LogP contribution in [0.2, 0.25) is 0 Å². The van der Waals surface area contributed by atoms with Crippen LogP contribution in [-0.2, 0) is 39.9 Å². The second-order valence-electron chi connectivity index (χ2n) is 12.4. The van der Waals surface area contributed by atoms with E-state index in [1.165, 1.54) is 4.90 Å². The van der Waals surface area contributed by atoms with Gasteiger partial charge < -0.3 is 45.3 Å². The van der Waals surface area contributed by atoms with E-state index in [2.05, 4.69) is 15.6 Å². The van der Waals surface area contributed by atoms with Crippen molar-refractivity contribution in [2.75, 3.05) is 65.9 Å². The number of aliphatic hydroxyl groups is 1. The molecule has 3 amide bonds. The Balaban J connectivity index is 1.42. The normalized spacial score (nSPS) is 17.1. The fourth-order valence-corrected chi connectivity index (χ4v) is 5.84. The van der Waals surface area contributed by atoms with Crippen LogP contribution in [0, 0.1) is 12.3 Å². The molecule has 14 heteroatoms. The summed E-state index contributed by atoms with van der Waals surface area (Å²) in [4.78, 5) is 46.6. The van der Waals surface area contributed by atoms with E-state index in [0.717, 1.165) is 21.7 Å². The topological polar surface area (TPSA) is 175 Å². The minimum Gasteiger partial charge on any atom is -0.391 e. The van der Waals surface area contributed by atoms with Crippen molar-refractivity contribution in [3.05, 3.63) is 41.0 Å². The third-order valence-corrected chi connectivity index (χ3v) is 8.54. The van der Waals surface area contributed by atoms with Gasteiger partial charge >= 0.3 is 0 Å². The average molecular weight is 678 g/mol. The zero-order valence-corrected chi connectivity index (χ0v) is 28.8. The number of nitrogens with one attached hydrogen (secondary N) is 2. The van der Waals surface area contributed by atoms with Gasteiger partial charge in [0.1, 0.15) is 12.1 Å². The number of amides is 3. The molecule has 2 aromatic rings. The summed E-state index contributed by atoms with van der Waals surface area (Å²) >= 11 is 1.58. The van der Waals surface area contributed by atoms with E-state index in [9.17, 15) is 19.5 Å². The number of benzene rings is 1. The quantitative estimate of drug-likeness (QED) is 0.151. The minimum atomic E-state index is -0.901. The largest absolute Gasteiger partial charge is 0.391 e. The zero-order valence-electron chi connectivity index (χ0n) is 28.0. The maximum atomic E-state index is 13.8. The second kappa shape index (κ2) is 19.7. The highest BCUT2D eigenvalue weighted by Gasteiger charge is 2.44. The maximum Gasteiger partial charge on any atom is 0.246 e. The number of ether oxygens (including phenoxy) is 4. The molecule has 1 aliphatic heterocycles. The number of likely N-dealkylation sites (tertiary alicyclic amines) is 1. The Morgan fingerprint density at radius 2 is 1.60 bits per heavy atom. The lowest BCUT2D eigenvalue weighted by atomic mass is 9.85. The molecule has 0 unspecified atom stereocenters. The molecular weight excluding hydrogens is 626 g/mol. The van der Waals surface area contributed by atoms with Gasteiger partial charge in [0.05, 0.1) is 75.0 Å². The lowest BCUT2D eigenvalue weighted by Gasteiger charge is -2.35. The molecule has 13 nitrogen and oxygen atoms in total. The molecule has 5 N–H and O–H groups in total. The lowest BCUT2D eigenvalue weighted by Crippen LogP contribution is -2.57. The highest BCUT2D eigenvalue weighted by Crippen LogP contribution is 2.28. The Kier molecular flexibility index (Phi) is 16.2. The molecule has 0 spiro atoms. The summed E-state index contributed by atoms with van der Waals surface area (Å²) in [6.45, 7) is 11.4. The van der Waals surface area contributed by atoms with Crippen LogP contribution in [0.3, 0.4) is 0 Å². The van der Waals surface area contributed by atoms with Crippen molar-refractivity contribution in [1.29, 1.82) is 0 Å². The summed E-state index contributed by atoms with van der Waals surface area (Å²) in [5, 5.41) is 16.2. The number of rotatable bonds is 20. The standard InChI is InChI=1S/C33H51N5O8S/c1-23-29(47-22-36-23)25-7-5-24(6-8-25)20-35-31(41)27-19-26(39)21-38(27)32(42)30(33(2,3)4)37-28(40)9-11-43-13-15-45-17-18-46-16-14-44-12-10-34/h5-8,22,26-27,30,39H,9-21,34H2,1-4H3,(H,35,41)(H,37,40)/t26-,27+,30-/m1/s1. The summed E-state index contributed by atoms with van der Waals surface area (Å²) in [6.07, 6.45) is -0.665. The number of hydrogen-bond acceptors (Lipinski definition) is 11. The van der Waals surface area contributed by atoms with Crippen LogP contribution < -0.4 is 16.4 Å². The highest BCUT2D eigenvalue weighted by atomic mass is 32.1. The first-order valence-electron chi connectivity index (χ1n) is 16.1. The third kappa shape index (κ3) is 12.9. The van der Waals surface area contributed by atoms with Crippen LogP contribution >= 0.6 is 11.3 Å². The predicted molar refractivity (Wildman–Crippen MR) is 179 cm³/mol. The Bertz CT molecular complexity index is 1250. The van der Waals surface area contributed by atoms with E-state index in [1.807, 2.05) is 57.5 Å². The summed E-state index contributed by atoms with van der Waals surface area (Å²) < 4.78 is 21.6. The van der Waals surface area contributed by atoms with Crippen molar-refractivity contribution >= 4 is 29.1 Å². The van der Waals surface area contributed by atoms with Crippen LogP contribution in [0.15, 0.2) is 29.8 Å². The fourth-order valence-electron chi connectivity index (χ4n) is 5.02. The second-order valence-corrected chi connectivity index (χ2v) is 13.3. The third-order valence-electron chi connectivity index (χ3n) is 7.56. The number of aliphatic hydroxyl groups excluding tert-OH is 1. The van der Waals surface area contributed by atoms with Crippen LogP contribution in [0.25, 0.3) is 10.4 Å². The van der Waals surface area contributed by atoms with E-state index in [0.29, 0.717) is 52.8 Å². The van der Waals surface area contributed by atoms with Crippen molar-refractivity contribution in [1.82, 2.24) is 20.5 Å². The predicted octanol–water partition coefficient (Wildman–Crippen LogP) is 1.64. The van der Waals surface area contributed by atoms with E-state index in [4.69, 9.17) is 24.7 Å². The summed E-state index contributed by atoms with van der Waals surface area (Å²) in [6, 6.07) is 6.13. The number of hydrogen-bond donors (Lipinski definition) is 4. The molecule has 0 radical (unpaired) electrons. The first-order valence-corrected chi connectivity index (χ1v) is 16.9. The minimum absolute atomic E-state index is 0.0124. The Morgan fingerprint density at radius 3 is 2.15 bits per heavy atom. The zero-order chi connectivity index (χ0) is 34.2. The molecule has 262 valence electrons. The number of nitrogens with two attached hydrogens (primary N) is 1. The van der Waals surface area contributed by atoms with Gasteiger partial charge in [-0.15, -0.1) is 11.3 Å². The number of carbonyl (C=O) groups is 3. The Morgan fingerprint density at radius 1 is 1.00 bits per heavy atom. The molecule has 3 atom stereocenters. The first-order chi connectivity index (χ1) is 22.5. The van der Waals surface area contributed by atoms with Gasteiger partial charge in [-0.05, 0) is 23.5 Å². The van der Waals surface area contributed by atoms with E-state index in [1.54, 1.807) is 11.3 Å². The van der Waals surface area contributed by atoms with Gasteiger partial charge in [-0.25, -0.2) is 4.98 Å². The molecule has 47 heavy (non-hydrogen) atoms.